The van der Waals surface area contributed by atoms with Crippen LogP contribution in [0.25, 0.3) is 0 Å². The summed E-state index contributed by atoms with van der Waals surface area (Å²) in [7, 11) is 0. The van der Waals surface area contributed by atoms with Crippen molar-refractivity contribution in [1.29, 1.82) is 0 Å². The zero-order chi connectivity index (χ0) is 25.6. The second kappa shape index (κ2) is 9.52. The molecule has 0 aromatic heterocycles. The van der Waals surface area contributed by atoms with Gasteiger partial charge >= 0.3 is 0 Å². The van der Waals surface area contributed by atoms with E-state index in [2.05, 4.69) is 41.6 Å². The van der Waals surface area contributed by atoms with Gasteiger partial charge in [-0.05, 0) is 99.9 Å². The number of fused-ring (bicyclic) bond motifs is 5. The summed E-state index contributed by atoms with van der Waals surface area (Å²) < 4.78 is 0. The maximum atomic E-state index is 12.3. The average Bonchev–Trinajstić information content (AvgIpc) is 2.98. The van der Waals surface area contributed by atoms with Crippen LogP contribution in [-0.2, 0) is 14.4 Å². The molecule has 3 N–H and O–H groups in total. The third-order valence-electron chi connectivity index (χ3n) is 10.6. The number of allylic oxidation sites excluding steroid dienone is 2. The molecule has 4 aliphatic carbocycles. The van der Waals surface area contributed by atoms with Gasteiger partial charge in [-0.2, -0.15) is 0 Å². The zero-order valence-corrected chi connectivity index (χ0v) is 21.8. The predicted molar refractivity (Wildman–Crippen MR) is 138 cm³/mol. The van der Waals surface area contributed by atoms with E-state index in [4.69, 9.17) is 11.3 Å². The van der Waals surface area contributed by atoms with Crippen molar-refractivity contribution in [1.82, 2.24) is 10.6 Å². The molecule has 5 aliphatic rings. The second-order valence-corrected chi connectivity index (χ2v) is 12.3. The van der Waals surface area contributed by atoms with Crippen molar-refractivity contribution in [2.75, 3.05) is 13.2 Å². The number of oxime groups is 1. The van der Waals surface area contributed by atoms with Crippen molar-refractivity contribution >= 4 is 17.5 Å². The van der Waals surface area contributed by atoms with Crippen LogP contribution >= 0.6 is 0 Å². The number of aliphatic hydroxyl groups is 1. The van der Waals surface area contributed by atoms with Gasteiger partial charge in [-0.1, -0.05) is 30.5 Å². The molecular weight excluding hydrogens is 454 g/mol. The Morgan fingerprint density at radius 2 is 2.00 bits per heavy atom. The Morgan fingerprint density at radius 1 is 1.19 bits per heavy atom. The fraction of sp³-hybridized carbons (Fsp3) is 0.759. The first kappa shape index (κ1) is 25.3. The molecule has 0 aromatic carbocycles. The van der Waals surface area contributed by atoms with E-state index in [9.17, 15) is 14.7 Å². The molecule has 7 atom stereocenters. The van der Waals surface area contributed by atoms with Crippen LogP contribution in [0.2, 0.25) is 0 Å². The first-order valence-electron chi connectivity index (χ1n) is 13.9. The fourth-order valence-electron chi connectivity index (χ4n) is 8.38. The number of hydrogen-bond acceptors (Lipinski definition) is 5. The Bertz CT molecular complexity index is 1010. The van der Waals surface area contributed by atoms with Crippen molar-refractivity contribution in [2.24, 2.45) is 33.7 Å². The van der Waals surface area contributed by atoms with E-state index in [1.54, 1.807) is 0 Å². The Morgan fingerprint density at radius 3 is 2.81 bits per heavy atom. The third kappa shape index (κ3) is 4.16. The van der Waals surface area contributed by atoms with Crippen LogP contribution in [0.4, 0.5) is 0 Å². The van der Waals surface area contributed by atoms with Gasteiger partial charge in [0.05, 0.1) is 5.71 Å². The highest BCUT2D eigenvalue weighted by molar-refractivity contribution is 5.96. The third-order valence-corrected chi connectivity index (χ3v) is 10.6. The van der Waals surface area contributed by atoms with Crippen LogP contribution in [0, 0.1) is 40.9 Å². The molecule has 1 saturated heterocycles. The van der Waals surface area contributed by atoms with Crippen LogP contribution < -0.4 is 10.6 Å². The van der Waals surface area contributed by atoms with Gasteiger partial charge in [0, 0.05) is 12.0 Å². The van der Waals surface area contributed by atoms with Crippen molar-refractivity contribution in [2.45, 2.75) is 96.1 Å². The van der Waals surface area contributed by atoms with Gasteiger partial charge in [0.2, 0.25) is 5.91 Å². The van der Waals surface area contributed by atoms with E-state index in [0.29, 0.717) is 30.7 Å². The number of rotatable bonds is 4. The van der Waals surface area contributed by atoms with E-state index in [0.717, 1.165) is 69.9 Å². The molecule has 1 aliphatic heterocycles. The monoisotopic (exact) mass is 495 g/mol. The SMILES string of the molecule is C#C[C@@]1(O)CCC2C3CCC4=C/C(=N\OCC(=O)N[C@@H]5CCCCNC5=O)CC[C@]4(C)C3CC[C@@]21C. The largest absolute Gasteiger partial charge is 0.385 e. The Kier molecular flexibility index (Phi) is 6.70. The van der Waals surface area contributed by atoms with Gasteiger partial charge in [-0.25, -0.2) is 0 Å². The molecule has 0 spiro atoms. The standard InChI is InChI=1S/C29H41N3O4/c1-4-29(35)15-12-23-21-9-8-19-17-20(10-13-27(19,2)22(21)11-14-28(23,29)3)32-36-18-25(33)31-24-7-5-6-16-30-26(24)34/h1,17,21-24,35H,5-16,18H2,2-3H3,(H,30,34)(H,31,33)/b32-20-/t21?,22?,23?,24-,27+,28+,29-/m1/s1. The summed E-state index contributed by atoms with van der Waals surface area (Å²) in [6.07, 6.45) is 18.4. The Labute approximate surface area is 214 Å². The molecule has 0 bridgehead atoms. The van der Waals surface area contributed by atoms with Crippen LogP contribution in [0.1, 0.15) is 84.5 Å². The predicted octanol–water partition coefficient (Wildman–Crippen LogP) is 3.47. The van der Waals surface area contributed by atoms with Gasteiger partial charge in [-0.15, -0.1) is 6.42 Å². The number of carbonyl (C=O) groups excluding carboxylic acids is 2. The lowest BCUT2D eigenvalue weighted by Gasteiger charge is -2.58. The summed E-state index contributed by atoms with van der Waals surface area (Å²) in [4.78, 5) is 29.8. The molecule has 196 valence electrons. The highest BCUT2D eigenvalue weighted by atomic mass is 16.6. The molecule has 0 radical (unpaired) electrons. The molecule has 5 rings (SSSR count). The second-order valence-electron chi connectivity index (χ2n) is 12.3. The van der Waals surface area contributed by atoms with E-state index in [1.807, 2.05) is 0 Å². The van der Waals surface area contributed by atoms with Gasteiger partial charge in [-0.3, -0.25) is 9.59 Å². The number of terminal acetylenes is 1. The smallest absolute Gasteiger partial charge is 0.261 e. The number of carbonyl (C=O) groups is 2. The molecule has 36 heavy (non-hydrogen) atoms. The maximum Gasteiger partial charge on any atom is 0.261 e. The number of nitrogens with zero attached hydrogens (tertiary/aromatic N) is 1. The summed E-state index contributed by atoms with van der Waals surface area (Å²) in [5.41, 5.74) is 1.35. The van der Waals surface area contributed by atoms with Gasteiger partial charge in [0.15, 0.2) is 6.61 Å². The first-order chi connectivity index (χ1) is 17.2. The van der Waals surface area contributed by atoms with Crippen molar-refractivity contribution in [3.63, 3.8) is 0 Å². The minimum Gasteiger partial charge on any atom is -0.385 e. The minimum atomic E-state index is -0.963. The van der Waals surface area contributed by atoms with Crippen molar-refractivity contribution in [3.05, 3.63) is 11.6 Å². The molecule has 7 nitrogen and oxygen atoms in total. The van der Waals surface area contributed by atoms with Gasteiger partial charge in [0.25, 0.3) is 5.91 Å². The van der Waals surface area contributed by atoms with Crippen LogP contribution in [0.5, 0.6) is 0 Å². The number of nitrogens with one attached hydrogen (secondary N) is 2. The topological polar surface area (TPSA) is 100 Å². The maximum absolute atomic E-state index is 12.3. The van der Waals surface area contributed by atoms with Crippen LogP contribution in [0.15, 0.2) is 16.8 Å². The summed E-state index contributed by atoms with van der Waals surface area (Å²) in [6.45, 7) is 5.13. The van der Waals surface area contributed by atoms with Crippen molar-refractivity contribution < 1.29 is 19.5 Å². The summed E-state index contributed by atoms with van der Waals surface area (Å²) in [5.74, 6) is 4.03. The van der Waals surface area contributed by atoms with E-state index in [-0.39, 0.29) is 29.3 Å². The molecule has 1 heterocycles. The normalized spacial score (nSPS) is 43.1. The summed E-state index contributed by atoms with van der Waals surface area (Å²) in [5, 5.41) is 21.1. The van der Waals surface area contributed by atoms with Crippen LogP contribution in [-0.4, -0.2) is 47.4 Å². The molecular formula is C29H41N3O4. The molecule has 0 aromatic rings. The quantitative estimate of drug-likeness (QED) is 0.411. The summed E-state index contributed by atoms with van der Waals surface area (Å²) >= 11 is 0. The zero-order valence-electron chi connectivity index (χ0n) is 21.8. The highest BCUT2D eigenvalue weighted by Crippen LogP contribution is 2.67. The van der Waals surface area contributed by atoms with Crippen LogP contribution in [0.3, 0.4) is 0 Å². The lowest BCUT2D eigenvalue weighted by Crippen LogP contribution is -2.54. The number of amides is 2. The molecule has 4 fully saturated rings. The van der Waals surface area contributed by atoms with Gasteiger partial charge in [0.1, 0.15) is 11.6 Å². The molecule has 2 amide bonds. The lowest BCUT2D eigenvalue weighted by atomic mass is 9.46. The van der Waals surface area contributed by atoms with E-state index >= 15 is 0 Å². The fourth-order valence-corrected chi connectivity index (χ4v) is 8.38. The first-order valence-corrected chi connectivity index (χ1v) is 13.9. The lowest BCUT2D eigenvalue weighted by molar-refractivity contribution is -0.131. The summed E-state index contributed by atoms with van der Waals surface area (Å²) in [6, 6.07) is -0.488. The highest BCUT2D eigenvalue weighted by Gasteiger charge is 2.63. The van der Waals surface area contributed by atoms with Gasteiger partial charge < -0.3 is 20.6 Å². The average molecular weight is 496 g/mol. The number of hydrogen-bond donors (Lipinski definition) is 3. The Hall–Kier alpha value is -2.33. The van der Waals surface area contributed by atoms with Crippen molar-refractivity contribution in [3.8, 4) is 12.3 Å². The van der Waals surface area contributed by atoms with E-state index in [1.165, 1.54) is 5.57 Å². The molecule has 3 saturated carbocycles. The molecule has 3 unspecified atom stereocenters. The van der Waals surface area contributed by atoms with E-state index < -0.39 is 11.6 Å². The minimum absolute atomic E-state index is 0.122. The Balaban J connectivity index is 1.21. The molecule has 7 heteroatoms.